The Morgan fingerprint density at radius 1 is 1.39 bits per heavy atom. The highest BCUT2D eigenvalue weighted by Gasteiger charge is 2.55. The molecule has 4 nitrogen and oxygen atoms in total. The van der Waals surface area contributed by atoms with Crippen LogP contribution in [0, 0.1) is 0 Å². The third-order valence-electron chi connectivity index (χ3n) is 5.56. The van der Waals surface area contributed by atoms with Gasteiger partial charge < -0.3 is 14.9 Å². The van der Waals surface area contributed by atoms with Crippen LogP contribution in [0.1, 0.15) is 63.5 Å². The first-order valence-electron chi connectivity index (χ1n) is 8.09. The van der Waals surface area contributed by atoms with Gasteiger partial charge in [0.05, 0.1) is 5.92 Å². The summed E-state index contributed by atoms with van der Waals surface area (Å²) >= 11 is 0. The van der Waals surface area contributed by atoms with Gasteiger partial charge in [-0.1, -0.05) is 23.8 Å². The molecule has 1 heterocycles. The van der Waals surface area contributed by atoms with Crippen molar-refractivity contribution in [1.29, 1.82) is 0 Å². The van der Waals surface area contributed by atoms with Gasteiger partial charge in [-0.3, -0.25) is 4.79 Å². The van der Waals surface area contributed by atoms with Gasteiger partial charge in [0.1, 0.15) is 17.0 Å². The molecule has 23 heavy (non-hydrogen) atoms. The number of hydrogen-bond donors (Lipinski definition) is 2. The molecule has 0 radical (unpaired) electrons. The normalized spacial score (nSPS) is 29.6. The number of hydrogen-bond acceptors (Lipinski definition) is 3. The maximum atomic E-state index is 11.3. The van der Waals surface area contributed by atoms with Crippen LogP contribution in [0.25, 0.3) is 0 Å². The number of carboxylic acid groups (broad SMARTS) is 1. The maximum Gasteiger partial charge on any atom is 0.310 e. The molecule has 0 saturated heterocycles. The monoisotopic (exact) mass is 316 g/mol. The van der Waals surface area contributed by atoms with Crippen LogP contribution in [0.2, 0.25) is 0 Å². The fourth-order valence-electron chi connectivity index (χ4n) is 3.78. The van der Waals surface area contributed by atoms with E-state index in [0.29, 0.717) is 12.2 Å². The van der Waals surface area contributed by atoms with Gasteiger partial charge in [0.15, 0.2) is 0 Å². The summed E-state index contributed by atoms with van der Waals surface area (Å²) in [5.41, 5.74) is 1.29. The summed E-state index contributed by atoms with van der Waals surface area (Å²) in [6.45, 7) is 7.57. The first-order valence-corrected chi connectivity index (χ1v) is 8.09. The van der Waals surface area contributed by atoms with Crippen molar-refractivity contribution in [3.8, 4) is 5.75 Å². The molecular formula is C19H24O4. The van der Waals surface area contributed by atoms with Crippen molar-refractivity contribution < 1.29 is 19.7 Å². The van der Waals surface area contributed by atoms with Crippen LogP contribution in [0.3, 0.4) is 0 Å². The lowest BCUT2D eigenvalue weighted by Crippen LogP contribution is -2.60. The Labute approximate surface area is 136 Å². The number of benzene rings is 1. The van der Waals surface area contributed by atoms with Crippen LogP contribution in [0.5, 0.6) is 5.75 Å². The van der Waals surface area contributed by atoms with Crippen LogP contribution >= 0.6 is 0 Å². The van der Waals surface area contributed by atoms with Gasteiger partial charge >= 0.3 is 5.97 Å². The largest absolute Gasteiger partial charge is 0.485 e. The van der Waals surface area contributed by atoms with Crippen molar-refractivity contribution in [3.05, 3.63) is 41.0 Å². The van der Waals surface area contributed by atoms with Crippen molar-refractivity contribution in [3.63, 3.8) is 0 Å². The van der Waals surface area contributed by atoms with E-state index >= 15 is 0 Å². The summed E-state index contributed by atoms with van der Waals surface area (Å²) in [5, 5.41) is 20.5. The van der Waals surface area contributed by atoms with Crippen molar-refractivity contribution in [2.75, 3.05) is 0 Å². The minimum Gasteiger partial charge on any atom is -0.485 e. The summed E-state index contributed by atoms with van der Waals surface area (Å²) in [6, 6.07) is 5.59. The van der Waals surface area contributed by atoms with Crippen molar-refractivity contribution in [2.45, 2.75) is 63.6 Å². The zero-order valence-corrected chi connectivity index (χ0v) is 14.1. The smallest absolute Gasteiger partial charge is 0.310 e. The van der Waals surface area contributed by atoms with Crippen molar-refractivity contribution in [1.82, 2.24) is 0 Å². The van der Waals surface area contributed by atoms with Crippen LogP contribution in [0.15, 0.2) is 29.8 Å². The number of carbonyl (C=O) groups is 1. The van der Waals surface area contributed by atoms with Crippen molar-refractivity contribution >= 4 is 5.97 Å². The Morgan fingerprint density at radius 3 is 2.74 bits per heavy atom. The average Bonchev–Trinajstić information content (AvgIpc) is 2.47. The number of fused-ring (bicyclic) bond motifs is 3. The molecule has 1 aliphatic carbocycles. The number of rotatable bonds is 2. The SMILES string of the molecule is CC1=CC[C@@]2(O)[C@H](C1)c1ccc(C(C)C(=O)O)cc1OC2(C)C. The Hall–Kier alpha value is -1.81. The summed E-state index contributed by atoms with van der Waals surface area (Å²) in [4.78, 5) is 11.2. The molecule has 4 heteroatoms. The number of ether oxygens (including phenoxy) is 1. The standard InChI is InChI=1S/C19H24O4/c1-11-7-8-19(22)15(9-11)14-6-5-13(12(2)17(20)21)10-16(14)23-18(19,3)4/h5-7,10,12,15,22H,8-9H2,1-4H3,(H,20,21)/t12?,15-,19-/m1/s1. The van der Waals surface area contributed by atoms with Crippen LogP contribution in [-0.2, 0) is 4.79 Å². The number of aliphatic carboxylic acids is 1. The predicted molar refractivity (Wildman–Crippen MR) is 87.9 cm³/mol. The third-order valence-corrected chi connectivity index (χ3v) is 5.56. The predicted octanol–water partition coefficient (Wildman–Crippen LogP) is 3.60. The second kappa shape index (κ2) is 5.10. The summed E-state index contributed by atoms with van der Waals surface area (Å²) < 4.78 is 6.13. The lowest BCUT2D eigenvalue weighted by molar-refractivity contribution is -0.146. The van der Waals surface area contributed by atoms with E-state index in [1.54, 1.807) is 6.92 Å². The number of carboxylic acids is 1. The molecule has 124 valence electrons. The fraction of sp³-hybridized carbons (Fsp3) is 0.526. The summed E-state index contributed by atoms with van der Waals surface area (Å²) in [5.74, 6) is -0.765. The molecule has 1 aromatic carbocycles. The second-order valence-corrected chi connectivity index (χ2v) is 7.41. The van der Waals surface area contributed by atoms with E-state index in [4.69, 9.17) is 4.74 Å². The van der Waals surface area contributed by atoms with Crippen LogP contribution in [-0.4, -0.2) is 27.4 Å². The van der Waals surface area contributed by atoms with Gasteiger partial charge in [-0.15, -0.1) is 0 Å². The number of aliphatic hydroxyl groups is 1. The molecular weight excluding hydrogens is 292 g/mol. The Balaban J connectivity index is 2.10. The third kappa shape index (κ3) is 2.36. The molecule has 1 aromatic rings. The Bertz CT molecular complexity index is 689. The number of allylic oxidation sites excluding steroid dienone is 1. The van der Waals surface area contributed by atoms with Gasteiger partial charge in [-0.05, 0) is 52.2 Å². The van der Waals surface area contributed by atoms with E-state index in [-0.39, 0.29) is 5.92 Å². The van der Waals surface area contributed by atoms with Gasteiger partial charge in [0, 0.05) is 11.5 Å². The fourth-order valence-corrected chi connectivity index (χ4v) is 3.78. The van der Waals surface area contributed by atoms with E-state index in [0.717, 1.165) is 17.5 Å². The van der Waals surface area contributed by atoms with E-state index in [2.05, 4.69) is 13.0 Å². The lowest BCUT2D eigenvalue weighted by atomic mass is 9.63. The highest BCUT2D eigenvalue weighted by atomic mass is 16.5. The Morgan fingerprint density at radius 2 is 2.09 bits per heavy atom. The molecule has 1 aliphatic heterocycles. The molecule has 0 saturated carbocycles. The van der Waals surface area contributed by atoms with Crippen LogP contribution in [0.4, 0.5) is 0 Å². The highest BCUT2D eigenvalue weighted by molar-refractivity contribution is 5.75. The van der Waals surface area contributed by atoms with Gasteiger partial charge in [0.25, 0.3) is 0 Å². The van der Waals surface area contributed by atoms with Gasteiger partial charge in [-0.25, -0.2) is 0 Å². The molecule has 3 atom stereocenters. The molecule has 2 aliphatic rings. The molecule has 0 fully saturated rings. The minimum absolute atomic E-state index is 0.0274. The zero-order chi connectivity index (χ0) is 17.0. The molecule has 0 aromatic heterocycles. The Kier molecular flexibility index (Phi) is 3.56. The minimum atomic E-state index is -0.945. The molecule has 0 spiro atoms. The lowest BCUT2D eigenvalue weighted by Gasteiger charge is -2.53. The topological polar surface area (TPSA) is 66.8 Å². The maximum absolute atomic E-state index is 11.3. The molecule has 1 unspecified atom stereocenters. The first kappa shape index (κ1) is 16.1. The summed E-state index contributed by atoms with van der Waals surface area (Å²) in [7, 11) is 0. The van der Waals surface area contributed by atoms with E-state index in [1.807, 2.05) is 32.0 Å². The van der Waals surface area contributed by atoms with Gasteiger partial charge in [0.2, 0.25) is 0 Å². The summed E-state index contributed by atoms with van der Waals surface area (Å²) in [6.07, 6.45) is 3.46. The molecule has 3 rings (SSSR count). The van der Waals surface area contributed by atoms with E-state index in [9.17, 15) is 15.0 Å². The first-order chi connectivity index (χ1) is 10.7. The van der Waals surface area contributed by atoms with Crippen molar-refractivity contribution in [2.24, 2.45) is 0 Å². The average molecular weight is 316 g/mol. The quantitative estimate of drug-likeness (QED) is 0.818. The molecule has 0 amide bonds. The molecule has 2 N–H and O–H groups in total. The van der Waals surface area contributed by atoms with E-state index in [1.165, 1.54) is 5.57 Å². The van der Waals surface area contributed by atoms with E-state index < -0.39 is 23.1 Å². The highest BCUT2D eigenvalue weighted by Crippen LogP contribution is 2.54. The van der Waals surface area contributed by atoms with Gasteiger partial charge in [-0.2, -0.15) is 0 Å². The second-order valence-electron chi connectivity index (χ2n) is 7.41. The zero-order valence-electron chi connectivity index (χ0n) is 14.1. The van der Waals surface area contributed by atoms with Crippen LogP contribution < -0.4 is 4.74 Å². The molecule has 0 bridgehead atoms.